The van der Waals surface area contributed by atoms with Crippen molar-refractivity contribution in [3.63, 3.8) is 0 Å². The van der Waals surface area contributed by atoms with E-state index in [4.69, 9.17) is 17.3 Å². The van der Waals surface area contributed by atoms with Crippen molar-refractivity contribution in [2.45, 2.75) is 6.54 Å². The lowest BCUT2D eigenvalue weighted by atomic mass is 10.2. The van der Waals surface area contributed by atoms with Gasteiger partial charge < -0.3 is 10.3 Å². The summed E-state index contributed by atoms with van der Waals surface area (Å²) in [6, 6.07) is 5.83. The second-order valence-electron chi connectivity index (χ2n) is 3.19. The molecule has 1 aromatic heterocycles. The zero-order valence-electron chi connectivity index (χ0n) is 7.72. The monoisotopic (exact) mass is 272 g/mol. The standard InChI is InChI=1S/C10H10BrClN2/c1-14-8-3-2-6(12)4-7(8)10(11)9(14)5-13/h2-4H,5,13H2,1H3. The highest BCUT2D eigenvalue weighted by Crippen LogP contribution is 2.31. The topological polar surface area (TPSA) is 30.9 Å². The van der Waals surface area contributed by atoms with E-state index >= 15 is 0 Å². The van der Waals surface area contributed by atoms with Gasteiger partial charge in [0, 0.05) is 39.7 Å². The summed E-state index contributed by atoms with van der Waals surface area (Å²) in [5.41, 5.74) is 7.90. The minimum absolute atomic E-state index is 0.517. The molecule has 0 radical (unpaired) electrons. The van der Waals surface area contributed by atoms with Crippen LogP contribution in [-0.2, 0) is 13.6 Å². The Balaban J connectivity index is 2.87. The summed E-state index contributed by atoms with van der Waals surface area (Å²) < 4.78 is 3.12. The van der Waals surface area contributed by atoms with Gasteiger partial charge in [-0.2, -0.15) is 0 Å². The normalized spacial score (nSPS) is 11.1. The number of halogens is 2. The van der Waals surface area contributed by atoms with Crippen LogP contribution < -0.4 is 5.73 Å². The molecule has 1 heterocycles. The molecule has 2 N–H and O–H groups in total. The molecule has 0 aliphatic heterocycles. The Morgan fingerprint density at radius 1 is 1.50 bits per heavy atom. The molecule has 0 aliphatic rings. The van der Waals surface area contributed by atoms with Crippen LogP contribution in [0.4, 0.5) is 0 Å². The molecule has 14 heavy (non-hydrogen) atoms. The Labute approximate surface area is 95.8 Å². The second kappa shape index (κ2) is 3.57. The van der Waals surface area contributed by atoms with Crippen LogP contribution in [0.5, 0.6) is 0 Å². The molecule has 1 aromatic carbocycles. The van der Waals surface area contributed by atoms with Crippen LogP contribution in [0.3, 0.4) is 0 Å². The highest BCUT2D eigenvalue weighted by Gasteiger charge is 2.11. The minimum Gasteiger partial charge on any atom is -0.345 e. The molecular weight excluding hydrogens is 263 g/mol. The van der Waals surface area contributed by atoms with Crippen LogP contribution in [0.1, 0.15) is 5.69 Å². The number of aromatic nitrogens is 1. The molecule has 0 saturated heterocycles. The number of hydrogen-bond acceptors (Lipinski definition) is 1. The molecular formula is C10H10BrClN2. The third-order valence-corrected chi connectivity index (χ3v) is 3.53. The van der Waals surface area contributed by atoms with E-state index in [9.17, 15) is 0 Å². The van der Waals surface area contributed by atoms with E-state index < -0.39 is 0 Å². The van der Waals surface area contributed by atoms with E-state index in [1.54, 1.807) is 0 Å². The van der Waals surface area contributed by atoms with Gasteiger partial charge in [-0.25, -0.2) is 0 Å². The van der Waals surface area contributed by atoms with Gasteiger partial charge in [-0.1, -0.05) is 11.6 Å². The molecule has 2 aromatic rings. The number of benzene rings is 1. The first kappa shape index (κ1) is 10.0. The van der Waals surface area contributed by atoms with Gasteiger partial charge in [-0.15, -0.1) is 0 Å². The van der Waals surface area contributed by atoms with Crippen LogP contribution in [0.15, 0.2) is 22.7 Å². The quantitative estimate of drug-likeness (QED) is 0.850. The molecule has 0 bridgehead atoms. The smallest absolute Gasteiger partial charge is 0.0493 e. The highest BCUT2D eigenvalue weighted by molar-refractivity contribution is 9.10. The molecule has 0 amide bonds. The van der Waals surface area contributed by atoms with E-state index in [0.29, 0.717) is 6.54 Å². The Bertz CT molecular complexity index is 490. The average molecular weight is 274 g/mol. The van der Waals surface area contributed by atoms with Crippen molar-refractivity contribution < 1.29 is 0 Å². The number of hydrogen-bond donors (Lipinski definition) is 1. The largest absolute Gasteiger partial charge is 0.345 e. The summed E-state index contributed by atoms with van der Waals surface area (Å²) in [5, 5.41) is 1.85. The van der Waals surface area contributed by atoms with Gasteiger partial charge in [0.05, 0.1) is 0 Å². The molecule has 0 aliphatic carbocycles. The van der Waals surface area contributed by atoms with E-state index in [1.165, 1.54) is 0 Å². The van der Waals surface area contributed by atoms with Gasteiger partial charge in [-0.3, -0.25) is 0 Å². The molecule has 0 saturated carbocycles. The van der Waals surface area contributed by atoms with Crippen molar-refractivity contribution in [1.82, 2.24) is 4.57 Å². The lowest BCUT2D eigenvalue weighted by Crippen LogP contribution is -2.03. The highest BCUT2D eigenvalue weighted by atomic mass is 79.9. The maximum atomic E-state index is 5.93. The van der Waals surface area contributed by atoms with Crippen molar-refractivity contribution in [3.8, 4) is 0 Å². The fourth-order valence-corrected chi connectivity index (χ4v) is 2.57. The van der Waals surface area contributed by atoms with E-state index in [1.807, 2.05) is 25.2 Å². The maximum absolute atomic E-state index is 5.93. The summed E-state index contributed by atoms with van der Waals surface area (Å²) >= 11 is 9.47. The number of fused-ring (bicyclic) bond motifs is 1. The summed E-state index contributed by atoms with van der Waals surface area (Å²) in [6.45, 7) is 0.517. The molecule has 2 rings (SSSR count). The molecule has 2 nitrogen and oxygen atoms in total. The Morgan fingerprint density at radius 2 is 2.21 bits per heavy atom. The Morgan fingerprint density at radius 3 is 2.86 bits per heavy atom. The average Bonchev–Trinajstić information content (AvgIpc) is 2.39. The number of nitrogens with zero attached hydrogens (tertiary/aromatic N) is 1. The minimum atomic E-state index is 0.517. The lowest BCUT2D eigenvalue weighted by Gasteiger charge is -2.00. The van der Waals surface area contributed by atoms with Crippen molar-refractivity contribution in [2.24, 2.45) is 12.8 Å². The molecule has 0 fully saturated rings. The molecule has 0 atom stereocenters. The predicted molar refractivity (Wildman–Crippen MR) is 63.5 cm³/mol. The maximum Gasteiger partial charge on any atom is 0.0493 e. The molecule has 74 valence electrons. The summed E-state index contributed by atoms with van der Waals surface area (Å²) in [6.07, 6.45) is 0. The fourth-order valence-electron chi connectivity index (χ4n) is 1.65. The summed E-state index contributed by atoms with van der Waals surface area (Å²) in [4.78, 5) is 0. The van der Waals surface area contributed by atoms with E-state index in [2.05, 4.69) is 20.5 Å². The van der Waals surface area contributed by atoms with Gasteiger partial charge in [0.25, 0.3) is 0 Å². The lowest BCUT2D eigenvalue weighted by molar-refractivity contribution is 0.844. The number of aryl methyl sites for hydroxylation is 1. The summed E-state index contributed by atoms with van der Waals surface area (Å²) in [5.74, 6) is 0. The predicted octanol–water partition coefficient (Wildman–Crippen LogP) is 3.05. The first-order chi connectivity index (χ1) is 6.65. The van der Waals surface area contributed by atoms with Crippen LogP contribution in [0, 0.1) is 0 Å². The van der Waals surface area contributed by atoms with Gasteiger partial charge in [-0.05, 0) is 34.1 Å². The SMILES string of the molecule is Cn1c(CN)c(Br)c2cc(Cl)ccc21. The summed E-state index contributed by atoms with van der Waals surface area (Å²) in [7, 11) is 2.00. The first-order valence-corrected chi connectivity index (χ1v) is 5.44. The van der Waals surface area contributed by atoms with Gasteiger partial charge in [0.2, 0.25) is 0 Å². The number of nitrogens with two attached hydrogens (primary N) is 1. The zero-order chi connectivity index (χ0) is 10.3. The van der Waals surface area contributed by atoms with Gasteiger partial charge in [0.1, 0.15) is 0 Å². The van der Waals surface area contributed by atoms with Crippen molar-refractivity contribution in [2.75, 3.05) is 0 Å². The third kappa shape index (κ3) is 1.36. The van der Waals surface area contributed by atoms with Crippen LogP contribution in [0.25, 0.3) is 10.9 Å². The first-order valence-electron chi connectivity index (χ1n) is 4.27. The van der Waals surface area contributed by atoms with Crippen LogP contribution >= 0.6 is 27.5 Å². The van der Waals surface area contributed by atoms with Gasteiger partial charge in [0.15, 0.2) is 0 Å². The van der Waals surface area contributed by atoms with E-state index in [-0.39, 0.29) is 0 Å². The Kier molecular flexibility index (Phi) is 2.56. The van der Waals surface area contributed by atoms with E-state index in [0.717, 1.165) is 26.1 Å². The molecule has 4 heteroatoms. The zero-order valence-corrected chi connectivity index (χ0v) is 10.1. The van der Waals surface area contributed by atoms with Crippen molar-refractivity contribution >= 4 is 38.4 Å². The van der Waals surface area contributed by atoms with Crippen LogP contribution in [-0.4, -0.2) is 4.57 Å². The Hall–Kier alpha value is -0.510. The third-order valence-electron chi connectivity index (χ3n) is 2.41. The second-order valence-corrected chi connectivity index (χ2v) is 4.41. The molecule has 0 spiro atoms. The fraction of sp³-hybridized carbons (Fsp3) is 0.200. The van der Waals surface area contributed by atoms with Gasteiger partial charge >= 0.3 is 0 Å². The number of rotatable bonds is 1. The molecule has 0 unspecified atom stereocenters. The van der Waals surface area contributed by atoms with Crippen molar-refractivity contribution in [1.29, 1.82) is 0 Å². The van der Waals surface area contributed by atoms with Crippen molar-refractivity contribution in [3.05, 3.63) is 33.4 Å². The van der Waals surface area contributed by atoms with Crippen LogP contribution in [0.2, 0.25) is 5.02 Å².